The summed E-state index contributed by atoms with van der Waals surface area (Å²) in [5.41, 5.74) is 2.56. The van der Waals surface area contributed by atoms with Crippen molar-refractivity contribution in [3.05, 3.63) is 57.8 Å². The molecule has 0 aliphatic heterocycles. The SMILES string of the molecule is CCc1ccc(C(CNC(=O)c2cccs2)N(C)C)cc1. The van der Waals surface area contributed by atoms with Crippen LogP contribution in [0.2, 0.25) is 0 Å². The number of amides is 1. The molecule has 2 rings (SSSR count). The zero-order valence-corrected chi connectivity index (χ0v) is 13.6. The first-order valence-electron chi connectivity index (χ1n) is 7.18. The van der Waals surface area contributed by atoms with Gasteiger partial charge < -0.3 is 10.2 Å². The van der Waals surface area contributed by atoms with Crippen molar-refractivity contribution in [1.82, 2.24) is 10.2 Å². The fourth-order valence-electron chi connectivity index (χ4n) is 2.26. The van der Waals surface area contributed by atoms with Gasteiger partial charge in [-0.25, -0.2) is 0 Å². The van der Waals surface area contributed by atoms with E-state index in [1.807, 2.05) is 31.6 Å². The van der Waals surface area contributed by atoms with Gasteiger partial charge in [0.25, 0.3) is 5.91 Å². The molecule has 0 saturated heterocycles. The minimum absolute atomic E-state index is 0.00188. The van der Waals surface area contributed by atoms with Crippen LogP contribution in [0, 0.1) is 0 Å². The molecule has 1 aromatic heterocycles. The second-order valence-corrected chi connectivity index (χ2v) is 6.21. The molecule has 1 unspecified atom stereocenters. The maximum Gasteiger partial charge on any atom is 0.261 e. The van der Waals surface area contributed by atoms with E-state index in [1.165, 1.54) is 22.5 Å². The molecular weight excluding hydrogens is 280 g/mol. The molecule has 2 aromatic rings. The van der Waals surface area contributed by atoms with Gasteiger partial charge in [-0.2, -0.15) is 0 Å². The number of hydrogen-bond donors (Lipinski definition) is 1. The van der Waals surface area contributed by atoms with Crippen LogP contribution in [0.5, 0.6) is 0 Å². The number of rotatable bonds is 6. The van der Waals surface area contributed by atoms with Gasteiger partial charge in [-0.15, -0.1) is 11.3 Å². The maximum atomic E-state index is 12.0. The molecule has 0 aliphatic rings. The number of carbonyl (C=O) groups excluding carboxylic acids is 1. The van der Waals surface area contributed by atoms with Crippen molar-refractivity contribution in [2.75, 3.05) is 20.6 Å². The summed E-state index contributed by atoms with van der Waals surface area (Å²) in [4.78, 5) is 14.9. The van der Waals surface area contributed by atoms with E-state index in [2.05, 4.69) is 41.4 Å². The van der Waals surface area contributed by atoms with Gasteiger partial charge in [-0.3, -0.25) is 4.79 Å². The van der Waals surface area contributed by atoms with Crippen LogP contribution in [0.1, 0.15) is 33.8 Å². The normalized spacial score (nSPS) is 12.4. The third-order valence-electron chi connectivity index (χ3n) is 3.60. The summed E-state index contributed by atoms with van der Waals surface area (Å²) < 4.78 is 0. The summed E-state index contributed by atoms with van der Waals surface area (Å²) in [5.74, 6) is 0.00188. The summed E-state index contributed by atoms with van der Waals surface area (Å²) in [7, 11) is 4.07. The first-order valence-corrected chi connectivity index (χ1v) is 8.06. The fraction of sp³-hybridized carbons (Fsp3) is 0.353. The van der Waals surface area contributed by atoms with Crippen molar-refractivity contribution < 1.29 is 4.79 Å². The Morgan fingerprint density at radius 1 is 1.24 bits per heavy atom. The standard InChI is InChI=1S/C17H22N2OS/c1-4-13-7-9-14(10-8-13)15(19(2)3)12-18-17(20)16-6-5-11-21-16/h5-11,15H,4,12H2,1-3H3,(H,18,20). The molecule has 4 heteroatoms. The largest absolute Gasteiger partial charge is 0.349 e. The maximum absolute atomic E-state index is 12.0. The van der Waals surface area contributed by atoms with Crippen molar-refractivity contribution in [1.29, 1.82) is 0 Å². The quantitative estimate of drug-likeness (QED) is 0.887. The first kappa shape index (κ1) is 15.7. The zero-order valence-electron chi connectivity index (χ0n) is 12.8. The van der Waals surface area contributed by atoms with Crippen molar-refractivity contribution in [3.8, 4) is 0 Å². The Hall–Kier alpha value is -1.65. The molecule has 21 heavy (non-hydrogen) atoms. The number of nitrogens with one attached hydrogen (secondary N) is 1. The predicted molar refractivity (Wildman–Crippen MR) is 88.9 cm³/mol. The number of thiophene rings is 1. The monoisotopic (exact) mass is 302 g/mol. The molecule has 1 amide bonds. The van der Waals surface area contributed by atoms with Crippen LogP contribution in [0.3, 0.4) is 0 Å². The lowest BCUT2D eigenvalue weighted by atomic mass is 10.0. The van der Waals surface area contributed by atoms with Crippen LogP contribution >= 0.6 is 11.3 Å². The molecule has 1 atom stereocenters. The number of aryl methyl sites for hydroxylation is 1. The summed E-state index contributed by atoms with van der Waals surface area (Å²) in [6, 6.07) is 12.6. The van der Waals surface area contributed by atoms with Crippen LogP contribution < -0.4 is 5.32 Å². The molecule has 0 fully saturated rings. The smallest absolute Gasteiger partial charge is 0.261 e. The van der Waals surface area contributed by atoms with Crippen LogP contribution in [0.15, 0.2) is 41.8 Å². The van der Waals surface area contributed by atoms with Crippen LogP contribution in [-0.2, 0) is 6.42 Å². The lowest BCUT2D eigenvalue weighted by Gasteiger charge is -2.25. The van der Waals surface area contributed by atoms with Gasteiger partial charge in [0.15, 0.2) is 0 Å². The average molecular weight is 302 g/mol. The summed E-state index contributed by atoms with van der Waals surface area (Å²) in [5, 5.41) is 4.94. The van der Waals surface area contributed by atoms with E-state index in [4.69, 9.17) is 0 Å². The van der Waals surface area contributed by atoms with E-state index >= 15 is 0 Å². The number of benzene rings is 1. The van der Waals surface area contributed by atoms with Crippen LogP contribution in [-0.4, -0.2) is 31.4 Å². The molecule has 0 radical (unpaired) electrons. The minimum Gasteiger partial charge on any atom is -0.349 e. The Morgan fingerprint density at radius 2 is 1.95 bits per heavy atom. The van der Waals surface area contributed by atoms with Gasteiger partial charge in [0.2, 0.25) is 0 Å². The molecule has 0 bridgehead atoms. The highest BCUT2D eigenvalue weighted by Gasteiger charge is 2.16. The second kappa shape index (κ2) is 7.38. The van der Waals surface area contributed by atoms with E-state index in [0.717, 1.165) is 11.3 Å². The molecular formula is C17H22N2OS. The zero-order chi connectivity index (χ0) is 15.2. The van der Waals surface area contributed by atoms with Crippen molar-refractivity contribution in [2.24, 2.45) is 0 Å². The lowest BCUT2D eigenvalue weighted by molar-refractivity contribution is 0.0946. The van der Waals surface area contributed by atoms with Crippen LogP contribution in [0.25, 0.3) is 0 Å². The topological polar surface area (TPSA) is 32.3 Å². The Morgan fingerprint density at radius 3 is 2.48 bits per heavy atom. The van der Waals surface area contributed by atoms with Gasteiger partial charge in [-0.05, 0) is 43.1 Å². The van der Waals surface area contributed by atoms with Gasteiger partial charge >= 0.3 is 0 Å². The third-order valence-corrected chi connectivity index (χ3v) is 4.47. The highest BCUT2D eigenvalue weighted by atomic mass is 32.1. The molecule has 0 aliphatic carbocycles. The number of carbonyl (C=O) groups is 1. The lowest BCUT2D eigenvalue weighted by Crippen LogP contribution is -2.34. The number of hydrogen-bond acceptors (Lipinski definition) is 3. The molecule has 0 spiro atoms. The molecule has 1 N–H and O–H groups in total. The average Bonchev–Trinajstić information content (AvgIpc) is 3.02. The third kappa shape index (κ3) is 4.16. The first-order chi connectivity index (χ1) is 10.1. The molecule has 1 heterocycles. The van der Waals surface area contributed by atoms with Crippen molar-refractivity contribution >= 4 is 17.2 Å². The van der Waals surface area contributed by atoms with Crippen molar-refractivity contribution in [2.45, 2.75) is 19.4 Å². The highest BCUT2D eigenvalue weighted by Crippen LogP contribution is 2.19. The van der Waals surface area contributed by atoms with E-state index in [0.29, 0.717) is 6.54 Å². The number of likely N-dealkylation sites (N-methyl/N-ethyl adjacent to an activating group) is 1. The van der Waals surface area contributed by atoms with E-state index < -0.39 is 0 Å². The molecule has 3 nitrogen and oxygen atoms in total. The Balaban J connectivity index is 2.03. The van der Waals surface area contributed by atoms with Gasteiger partial charge in [0.1, 0.15) is 0 Å². The van der Waals surface area contributed by atoms with Gasteiger partial charge in [0, 0.05) is 6.54 Å². The highest BCUT2D eigenvalue weighted by molar-refractivity contribution is 7.12. The van der Waals surface area contributed by atoms with Gasteiger partial charge in [-0.1, -0.05) is 37.3 Å². The summed E-state index contributed by atoms with van der Waals surface area (Å²) in [6.07, 6.45) is 1.04. The van der Waals surface area contributed by atoms with E-state index in [-0.39, 0.29) is 11.9 Å². The van der Waals surface area contributed by atoms with Crippen LogP contribution in [0.4, 0.5) is 0 Å². The Kier molecular flexibility index (Phi) is 5.53. The molecule has 1 aromatic carbocycles. The minimum atomic E-state index is 0.00188. The summed E-state index contributed by atoms with van der Waals surface area (Å²) in [6.45, 7) is 2.76. The molecule has 112 valence electrons. The van der Waals surface area contributed by atoms with Crippen molar-refractivity contribution in [3.63, 3.8) is 0 Å². The van der Waals surface area contributed by atoms with Gasteiger partial charge in [0.05, 0.1) is 10.9 Å². The Bertz CT molecular complexity index is 561. The second-order valence-electron chi connectivity index (χ2n) is 5.26. The Labute approximate surface area is 130 Å². The summed E-state index contributed by atoms with van der Waals surface area (Å²) >= 11 is 1.47. The number of nitrogens with zero attached hydrogens (tertiary/aromatic N) is 1. The van der Waals surface area contributed by atoms with E-state index in [9.17, 15) is 4.79 Å². The predicted octanol–water partition coefficient (Wildman–Crippen LogP) is 3.34. The molecule has 0 saturated carbocycles. The fourth-order valence-corrected chi connectivity index (χ4v) is 2.90. The van der Waals surface area contributed by atoms with E-state index in [1.54, 1.807) is 0 Å².